The molecule has 2 aromatic carbocycles. The summed E-state index contributed by atoms with van der Waals surface area (Å²) in [6, 6.07) is 9.81. The zero-order valence-electron chi connectivity index (χ0n) is 17.2. The number of carbonyl (C=O) groups is 2. The van der Waals surface area contributed by atoms with Gasteiger partial charge in [0.15, 0.2) is 0 Å². The van der Waals surface area contributed by atoms with E-state index >= 15 is 0 Å². The molecular formula is C21H18F3N3O6. The Bertz CT molecular complexity index is 1100. The van der Waals surface area contributed by atoms with Gasteiger partial charge in [-0.3, -0.25) is 24.6 Å². The molecule has 2 amide bonds. The highest BCUT2D eigenvalue weighted by atomic mass is 19.4. The van der Waals surface area contributed by atoms with Gasteiger partial charge in [-0.2, -0.15) is 0 Å². The first-order chi connectivity index (χ1) is 15.6. The molecule has 174 valence electrons. The molecule has 0 radical (unpaired) electrons. The highest BCUT2D eigenvalue weighted by Gasteiger charge is 2.39. The molecule has 0 aliphatic carbocycles. The van der Waals surface area contributed by atoms with E-state index in [9.17, 15) is 32.9 Å². The Morgan fingerprint density at radius 3 is 2.39 bits per heavy atom. The summed E-state index contributed by atoms with van der Waals surface area (Å²) in [4.78, 5) is 37.4. The smallest absolute Gasteiger partial charge is 0.406 e. The minimum atomic E-state index is -4.90. The summed E-state index contributed by atoms with van der Waals surface area (Å²) < 4.78 is 46.5. The molecule has 0 aromatic heterocycles. The summed E-state index contributed by atoms with van der Waals surface area (Å²) in [5, 5.41) is 13.6. The third kappa shape index (κ3) is 5.66. The number of ether oxygens (including phenoxy) is 2. The Hall–Kier alpha value is -3.93. The SMILES string of the molecule is COCCCN1C(=O)C(Nc2cccc(OC(F)(F)F)c2)=C(c2ccc([N+](=O)[O-])cc2)C1=O. The number of methoxy groups -OCH3 is 1. The van der Waals surface area contributed by atoms with Gasteiger partial charge >= 0.3 is 6.36 Å². The zero-order valence-corrected chi connectivity index (χ0v) is 17.2. The van der Waals surface area contributed by atoms with Crippen LogP contribution in [0.3, 0.4) is 0 Å². The van der Waals surface area contributed by atoms with Crippen LogP contribution < -0.4 is 10.1 Å². The van der Waals surface area contributed by atoms with Gasteiger partial charge in [0.2, 0.25) is 0 Å². The Morgan fingerprint density at radius 1 is 1.09 bits per heavy atom. The van der Waals surface area contributed by atoms with E-state index in [1.54, 1.807) is 0 Å². The van der Waals surface area contributed by atoms with E-state index in [4.69, 9.17) is 4.74 Å². The van der Waals surface area contributed by atoms with Crippen LogP contribution in [0.2, 0.25) is 0 Å². The number of imide groups is 1. The average molecular weight is 465 g/mol. The summed E-state index contributed by atoms with van der Waals surface area (Å²) in [7, 11) is 1.47. The molecule has 0 bridgehead atoms. The minimum absolute atomic E-state index is 0.0460. The molecule has 0 atom stereocenters. The van der Waals surface area contributed by atoms with Crippen molar-refractivity contribution in [2.45, 2.75) is 12.8 Å². The normalized spacial score (nSPS) is 14.1. The Labute approximate surface area is 185 Å². The quantitative estimate of drug-likeness (QED) is 0.260. The van der Waals surface area contributed by atoms with Crippen molar-refractivity contribution in [3.63, 3.8) is 0 Å². The number of benzene rings is 2. The Balaban J connectivity index is 1.98. The Morgan fingerprint density at radius 2 is 1.79 bits per heavy atom. The van der Waals surface area contributed by atoms with Crippen molar-refractivity contribution in [2.24, 2.45) is 0 Å². The molecule has 1 aliphatic heterocycles. The number of hydrogen-bond acceptors (Lipinski definition) is 7. The van der Waals surface area contributed by atoms with Crippen LogP contribution in [-0.4, -0.2) is 48.3 Å². The number of rotatable bonds is 9. The number of amides is 2. The fraction of sp³-hybridized carbons (Fsp3) is 0.238. The van der Waals surface area contributed by atoms with Crippen LogP contribution in [0.5, 0.6) is 5.75 Å². The van der Waals surface area contributed by atoms with Crippen molar-refractivity contribution in [2.75, 3.05) is 25.6 Å². The second kappa shape index (κ2) is 9.69. The van der Waals surface area contributed by atoms with E-state index in [2.05, 4.69) is 10.1 Å². The molecule has 3 rings (SSSR count). The summed E-state index contributed by atoms with van der Waals surface area (Å²) in [6.07, 6.45) is -4.54. The number of non-ortho nitro benzene ring substituents is 1. The van der Waals surface area contributed by atoms with Gasteiger partial charge in [0.05, 0.1) is 10.5 Å². The van der Waals surface area contributed by atoms with E-state index in [0.29, 0.717) is 13.0 Å². The number of alkyl halides is 3. The van der Waals surface area contributed by atoms with Crippen LogP contribution in [0.25, 0.3) is 5.57 Å². The minimum Gasteiger partial charge on any atom is -0.406 e. The van der Waals surface area contributed by atoms with E-state index in [1.165, 1.54) is 43.5 Å². The first-order valence-corrected chi connectivity index (χ1v) is 9.58. The van der Waals surface area contributed by atoms with Crippen molar-refractivity contribution in [3.05, 3.63) is 69.9 Å². The van der Waals surface area contributed by atoms with E-state index in [-0.39, 0.29) is 34.8 Å². The van der Waals surface area contributed by atoms with Crippen LogP contribution in [-0.2, 0) is 14.3 Å². The summed E-state index contributed by atoms with van der Waals surface area (Å²) in [5.74, 6) is -1.85. The van der Waals surface area contributed by atoms with Crippen LogP contribution in [0.4, 0.5) is 24.5 Å². The Kier molecular flexibility index (Phi) is 6.97. The molecule has 0 spiro atoms. The van der Waals surface area contributed by atoms with Gasteiger partial charge in [-0.25, -0.2) is 0 Å². The molecule has 12 heteroatoms. The van der Waals surface area contributed by atoms with E-state index < -0.39 is 28.8 Å². The van der Waals surface area contributed by atoms with Crippen molar-refractivity contribution in [1.29, 1.82) is 0 Å². The number of hydrogen-bond donors (Lipinski definition) is 1. The van der Waals surface area contributed by atoms with Crippen LogP contribution in [0, 0.1) is 10.1 Å². The summed E-state index contributed by atoms with van der Waals surface area (Å²) >= 11 is 0. The molecular weight excluding hydrogens is 447 g/mol. The maximum Gasteiger partial charge on any atom is 0.573 e. The van der Waals surface area contributed by atoms with Crippen molar-refractivity contribution < 1.29 is 37.2 Å². The monoisotopic (exact) mass is 465 g/mol. The maximum atomic E-state index is 13.0. The molecule has 0 fully saturated rings. The second-order valence-corrected chi connectivity index (χ2v) is 6.86. The topological polar surface area (TPSA) is 111 Å². The lowest BCUT2D eigenvalue weighted by Gasteiger charge is -2.15. The molecule has 0 saturated carbocycles. The molecule has 0 saturated heterocycles. The summed E-state index contributed by atoms with van der Waals surface area (Å²) in [6.45, 7) is 0.341. The number of nitro benzene ring substituents is 1. The van der Waals surface area contributed by atoms with Gasteiger partial charge in [-0.15, -0.1) is 13.2 Å². The zero-order chi connectivity index (χ0) is 24.2. The fourth-order valence-electron chi connectivity index (χ4n) is 3.20. The molecule has 1 aliphatic rings. The van der Waals surface area contributed by atoms with Gasteiger partial charge in [-0.1, -0.05) is 6.07 Å². The second-order valence-electron chi connectivity index (χ2n) is 6.86. The highest BCUT2D eigenvalue weighted by Crippen LogP contribution is 2.33. The number of nitrogens with one attached hydrogen (secondary N) is 1. The first-order valence-electron chi connectivity index (χ1n) is 9.58. The van der Waals surface area contributed by atoms with Crippen LogP contribution >= 0.6 is 0 Å². The van der Waals surface area contributed by atoms with E-state index in [0.717, 1.165) is 17.0 Å². The van der Waals surface area contributed by atoms with Gasteiger partial charge in [0, 0.05) is 44.1 Å². The van der Waals surface area contributed by atoms with Crippen LogP contribution in [0.1, 0.15) is 12.0 Å². The molecule has 9 nitrogen and oxygen atoms in total. The van der Waals surface area contributed by atoms with Gasteiger partial charge in [0.25, 0.3) is 17.5 Å². The lowest BCUT2D eigenvalue weighted by atomic mass is 10.0. The third-order valence-electron chi connectivity index (χ3n) is 4.60. The average Bonchev–Trinajstić information content (AvgIpc) is 2.97. The number of nitro groups is 1. The number of anilines is 1. The highest BCUT2D eigenvalue weighted by molar-refractivity contribution is 6.36. The van der Waals surface area contributed by atoms with Crippen molar-refractivity contribution in [3.8, 4) is 5.75 Å². The summed E-state index contributed by atoms with van der Waals surface area (Å²) in [5.41, 5.74) is -0.131. The maximum absolute atomic E-state index is 13.0. The third-order valence-corrected chi connectivity index (χ3v) is 4.60. The lowest BCUT2D eigenvalue weighted by molar-refractivity contribution is -0.384. The van der Waals surface area contributed by atoms with Crippen molar-refractivity contribution in [1.82, 2.24) is 4.90 Å². The predicted octanol–water partition coefficient (Wildman–Crippen LogP) is 3.72. The largest absolute Gasteiger partial charge is 0.573 e. The molecule has 1 heterocycles. The number of halogens is 3. The lowest BCUT2D eigenvalue weighted by Crippen LogP contribution is -2.33. The molecule has 1 N–H and O–H groups in total. The molecule has 2 aromatic rings. The van der Waals surface area contributed by atoms with Gasteiger partial charge in [0.1, 0.15) is 11.4 Å². The first kappa shape index (κ1) is 23.7. The van der Waals surface area contributed by atoms with Crippen molar-refractivity contribution >= 4 is 28.8 Å². The molecule has 33 heavy (non-hydrogen) atoms. The van der Waals surface area contributed by atoms with E-state index in [1.807, 2.05) is 0 Å². The standard InChI is InChI=1S/C21H18F3N3O6/c1-32-11-3-10-26-19(28)17(13-6-8-15(9-7-13)27(30)31)18(20(26)29)25-14-4-2-5-16(12-14)33-21(22,23)24/h2,4-9,12,25H,3,10-11H2,1H3. The predicted molar refractivity (Wildman–Crippen MR) is 110 cm³/mol. The van der Waals surface area contributed by atoms with Gasteiger partial charge in [-0.05, 0) is 36.2 Å². The van der Waals surface area contributed by atoms with Gasteiger partial charge < -0.3 is 14.8 Å². The van der Waals surface area contributed by atoms with Crippen LogP contribution in [0.15, 0.2) is 54.2 Å². The fourth-order valence-corrected chi connectivity index (χ4v) is 3.20. The molecule has 0 unspecified atom stereocenters. The number of nitrogens with zero attached hydrogens (tertiary/aromatic N) is 2. The number of carbonyl (C=O) groups excluding carboxylic acids is 2.